The number of nitrogens with zero attached hydrogens (tertiary/aromatic N) is 2. The fourth-order valence-electron chi connectivity index (χ4n) is 3.54. The monoisotopic (exact) mass is 407 g/mol. The molecule has 0 bridgehead atoms. The second kappa shape index (κ2) is 9.53. The highest BCUT2D eigenvalue weighted by Crippen LogP contribution is 2.45. The fourth-order valence-corrected chi connectivity index (χ4v) is 3.54. The first-order chi connectivity index (χ1) is 14.2. The van der Waals surface area contributed by atoms with Crippen molar-refractivity contribution < 1.29 is 14.4 Å². The van der Waals surface area contributed by atoms with Gasteiger partial charge in [0.25, 0.3) is 17.7 Å². The van der Waals surface area contributed by atoms with Crippen LogP contribution in [0.25, 0.3) is 0 Å². The molecule has 30 heavy (non-hydrogen) atoms. The average Bonchev–Trinajstić information content (AvgIpc) is 2.89. The summed E-state index contributed by atoms with van der Waals surface area (Å²) in [6, 6.07) is 7.97. The number of amides is 3. The van der Waals surface area contributed by atoms with Crippen LogP contribution in [0.3, 0.4) is 0 Å². The first kappa shape index (κ1) is 23.1. The van der Waals surface area contributed by atoms with Crippen LogP contribution in [0.15, 0.2) is 48.6 Å². The average molecular weight is 408 g/mol. The predicted molar refractivity (Wildman–Crippen MR) is 115 cm³/mol. The Morgan fingerprint density at radius 3 is 2.43 bits per heavy atom. The molecule has 1 unspecified atom stereocenters. The van der Waals surface area contributed by atoms with E-state index in [1.54, 1.807) is 13.8 Å². The number of hydrogen-bond donors (Lipinski definition) is 1. The highest BCUT2D eigenvalue weighted by atomic mass is 16.2. The van der Waals surface area contributed by atoms with Gasteiger partial charge in [-0.15, -0.1) is 0 Å². The van der Waals surface area contributed by atoms with Gasteiger partial charge in [-0.3, -0.25) is 19.8 Å². The number of nitriles is 1. The smallest absolute Gasteiger partial charge is 0.270 e. The zero-order valence-corrected chi connectivity index (χ0v) is 18.2. The third kappa shape index (κ3) is 4.51. The maximum absolute atomic E-state index is 13.3. The Bertz CT molecular complexity index is 909. The Hall–Kier alpha value is -3.20. The normalized spacial score (nSPS) is 22.8. The second-order valence-corrected chi connectivity index (χ2v) is 8.22. The van der Waals surface area contributed by atoms with Crippen LogP contribution in [0.1, 0.15) is 57.0 Å². The summed E-state index contributed by atoms with van der Waals surface area (Å²) in [7, 11) is 0. The Labute approximate surface area is 178 Å². The molecular formula is C24H29N3O3. The number of carbonyl (C=O) groups is 3. The van der Waals surface area contributed by atoms with Crippen molar-refractivity contribution in [2.75, 3.05) is 0 Å². The van der Waals surface area contributed by atoms with Crippen molar-refractivity contribution >= 4 is 17.7 Å². The maximum Gasteiger partial charge on any atom is 0.270 e. The molecule has 3 atom stereocenters. The lowest BCUT2D eigenvalue weighted by atomic mass is 9.69. The van der Waals surface area contributed by atoms with Crippen molar-refractivity contribution in [3.05, 3.63) is 59.7 Å². The summed E-state index contributed by atoms with van der Waals surface area (Å²) in [5.74, 6) is -1.83. The van der Waals surface area contributed by atoms with Crippen LogP contribution < -0.4 is 5.43 Å². The molecule has 1 saturated heterocycles. The number of hydrazine groups is 1. The van der Waals surface area contributed by atoms with Crippen molar-refractivity contribution in [1.82, 2.24) is 10.4 Å². The van der Waals surface area contributed by atoms with Gasteiger partial charge in [-0.1, -0.05) is 45.1 Å². The van der Waals surface area contributed by atoms with Gasteiger partial charge < -0.3 is 0 Å². The van der Waals surface area contributed by atoms with Crippen LogP contribution in [0.2, 0.25) is 0 Å². The molecule has 0 aliphatic carbocycles. The van der Waals surface area contributed by atoms with Gasteiger partial charge in [0, 0.05) is 11.5 Å². The summed E-state index contributed by atoms with van der Waals surface area (Å²) >= 11 is 0. The SMILES string of the molecule is C/C=C\C(/C=C\CC(C)C)[C@@]1(C)C(=O)N(NC(=O)c2ccc(C#N)cc2)C(=O)[C@H]1C. The van der Waals surface area contributed by atoms with Crippen molar-refractivity contribution in [2.45, 2.75) is 41.0 Å². The molecule has 1 aromatic rings. The van der Waals surface area contributed by atoms with Crippen LogP contribution in [0.5, 0.6) is 0 Å². The van der Waals surface area contributed by atoms with Gasteiger partial charge in [-0.2, -0.15) is 10.3 Å². The fraction of sp³-hybridized carbons (Fsp3) is 0.417. The zero-order valence-electron chi connectivity index (χ0n) is 18.2. The molecule has 1 aliphatic heterocycles. The van der Waals surface area contributed by atoms with Crippen LogP contribution in [0, 0.1) is 34.5 Å². The summed E-state index contributed by atoms with van der Waals surface area (Å²) in [5, 5.41) is 9.73. The Balaban J connectivity index is 2.28. The summed E-state index contributed by atoms with van der Waals surface area (Å²) < 4.78 is 0. The lowest BCUT2D eigenvalue weighted by Crippen LogP contribution is -2.48. The van der Waals surface area contributed by atoms with Gasteiger partial charge in [0.2, 0.25) is 0 Å². The summed E-state index contributed by atoms with van der Waals surface area (Å²) in [6.45, 7) is 9.61. The highest BCUT2D eigenvalue weighted by Gasteiger charge is 2.57. The Kier molecular flexibility index (Phi) is 7.33. The van der Waals surface area contributed by atoms with E-state index in [0.29, 0.717) is 11.5 Å². The van der Waals surface area contributed by atoms with E-state index in [2.05, 4.69) is 19.3 Å². The van der Waals surface area contributed by atoms with Gasteiger partial charge in [-0.25, -0.2) is 0 Å². The molecule has 0 aromatic heterocycles. The largest absolute Gasteiger partial charge is 0.272 e. The number of hydrogen-bond acceptors (Lipinski definition) is 4. The molecule has 1 heterocycles. The van der Waals surface area contributed by atoms with Gasteiger partial charge in [0.1, 0.15) is 0 Å². The number of nitrogens with one attached hydrogen (secondary N) is 1. The summed E-state index contributed by atoms with van der Waals surface area (Å²) in [5.41, 5.74) is 2.13. The van der Waals surface area contributed by atoms with E-state index in [1.807, 2.05) is 37.3 Å². The molecule has 6 heteroatoms. The van der Waals surface area contributed by atoms with Crippen LogP contribution >= 0.6 is 0 Å². The molecule has 3 amide bonds. The van der Waals surface area contributed by atoms with Gasteiger partial charge >= 0.3 is 0 Å². The Morgan fingerprint density at radius 1 is 1.27 bits per heavy atom. The van der Waals surface area contributed by atoms with Crippen LogP contribution in [0.4, 0.5) is 0 Å². The van der Waals surface area contributed by atoms with E-state index in [9.17, 15) is 14.4 Å². The molecule has 2 rings (SSSR count). The van der Waals surface area contributed by atoms with E-state index in [1.165, 1.54) is 24.3 Å². The topological polar surface area (TPSA) is 90.3 Å². The van der Waals surface area contributed by atoms with Crippen LogP contribution in [-0.4, -0.2) is 22.7 Å². The standard InChI is InChI=1S/C24H29N3O3/c1-6-8-20(10-7-9-16(2)3)24(5)17(4)22(29)27(23(24)30)26-21(28)19-13-11-18(15-25)12-14-19/h6-8,10-14,16-17,20H,9H2,1-5H3,(H,26,28)/b8-6-,10-7-/t17-,20?,24+/m1/s1. The third-order valence-electron chi connectivity index (χ3n) is 5.69. The number of rotatable bonds is 7. The minimum atomic E-state index is -1.00. The van der Waals surface area contributed by atoms with E-state index >= 15 is 0 Å². The van der Waals surface area contributed by atoms with Crippen molar-refractivity contribution in [3.8, 4) is 6.07 Å². The molecule has 1 fully saturated rings. The van der Waals surface area contributed by atoms with Crippen molar-refractivity contribution in [2.24, 2.45) is 23.2 Å². The van der Waals surface area contributed by atoms with Crippen molar-refractivity contribution in [3.63, 3.8) is 0 Å². The van der Waals surface area contributed by atoms with Gasteiger partial charge in [0.15, 0.2) is 0 Å². The highest BCUT2D eigenvalue weighted by molar-refractivity contribution is 6.09. The number of benzene rings is 1. The third-order valence-corrected chi connectivity index (χ3v) is 5.69. The molecule has 0 saturated carbocycles. The predicted octanol–water partition coefficient (Wildman–Crippen LogP) is 4.01. The maximum atomic E-state index is 13.3. The molecule has 1 aromatic carbocycles. The molecule has 0 radical (unpaired) electrons. The second-order valence-electron chi connectivity index (χ2n) is 8.22. The number of allylic oxidation sites excluding steroid dienone is 4. The molecule has 6 nitrogen and oxygen atoms in total. The quantitative estimate of drug-likeness (QED) is 0.546. The van der Waals surface area contributed by atoms with Gasteiger partial charge in [-0.05, 0) is 50.5 Å². The lowest BCUT2D eigenvalue weighted by molar-refractivity contribution is -0.144. The van der Waals surface area contributed by atoms with E-state index < -0.39 is 29.1 Å². The molecule has 1 aliphatic rings. The van der Waals surface area contributed by atoms with E-state index in [4.69, 9.17) is 5.26 Å². The number of carbonyl (C=O) groups excluding carboxylic acids is 3. The molecular weight excluding hydrogens is 378 g/mol. The first-order valence-corrected chi connectivity index (χ1v) is 10.2. The summed E-state index contributed by atoms with van der Waals surface area (Å²) in [6.07, 6.45) is 8.69. The lowest BCUT2D eigenvalue weighted by Gasteiger charge is -2.30. The molecule has 0 spiro atoms. The van der Waals surface area contributed by atoms with Crippen LogP contribution in [-0.2, 0) is 9.59 Å². The van der Waals surface area contributed by atoms with Gasteiger partial charge in [0.05, 0.1) is 23.0 Å². The molecule has 158 valence electrons. The Morgan fingerprint density at radius 2 is 1.90 bits per heavy atom. The van der Waals surface area contributed by atoms with E-state index in [0.717, 1.165) is 11.4 Å². The summed E-state index contributed by atoms with van der Waals surface area (Å²) in [4.78, 5) is 38.8. The van der Waals surface area contributed by atoms with E-state index in [-0.39, 0.29) is 11.5 Å². The zero-order chi connectivity index (χ0) is 22.5. The van der Waals surface area contributed by atoms with Crippen molar-refractivity contribution in [1.29, 1.82) is 5.26 Å². The molecule has 1 N–H and O–H groups in total. The minimum absolute atomic E-state index is 0.262. The minimum Gasteiger partial charge on any atom is -0.272 e. The first-order valence-electron chi connectivity index (χ1n) is 10.2. The number of imide groups is 1.